The van der Waals surface area contributed by atoms with Crippen LogP contribution in [0.5, 0.6) is 0 Å². The molecule has 1 heterocycles. The number of benzene rings is 1. The van der Waals surface area contributed by atoms with E-state index in [2.05, 4.69) is 55.4 Å². The predicted molar refractivity (Wildman–Crippen MR) is 52.5 cm³/mol. The van der Waals surface area contributed by atoms with Gasteiger partial charge >= 0.3 is 0 Å². The van der Waals surface area contributed by atoms with E-state index in [0.29, 0.717) is 6.85 Å². The van der Waals surface area contributed by atoms with Crippen molar-refractivity contribution >= 4 is 12.3 Å². The lowest BCUT2D eigenvalue weighted by Gasteiger charge is -2.15. The van der Waals surface area contributed by atoms with Crippen molar-refractivity contribution in [3.63, 3.8) is 0 Å². The second-order valence-electron chi connectivity index (χ2n) is 3.05. The van der Waals surface area contributed by atoms with E-state index in [4.69, 9.17) is 0 Å². The van der Waals surface area contributed by atoms with E-state index in [1.807, 2.05) is 6.07 Å². The fraction of sp³-hybridized carbons (Fsp3) is 0.100. The molecular formula is C10H11BN. The highest BCUT2D eigenvalue weighted by molar-refractivity contribution is 6.75. The third kappa shape index (κ3) is 1.39. The first-order valence-corrected chi connectivity index (χ1v) is 4.16. The lowest BCUT2D eigenvalue weighted by molar-refractivity contribution is 0.683. The zero-order valence-corrected chi connectivity index (χ0v) is 7.14. The quantitative estimate of drug-likeness (QED) is 0.547. The normalized spacial score (nSPS) is 18.6. The molecule has 0 aromatic heterocycles. The molecule has 0 saturated carbocycles. The van der Waals surface area contributed by atoms with Gasteiger partial charge in [0.1, 0.15) is 0 Å². The van der Waals surface area contributed by atoms with Gasteiger partial charge in [0.2, 0.25) is 0 Å². The van der Waals surface area contributed by atoms with E-state index >= 15 is 0 Å². The average molecular weight is 156 g/mol. The van der Waals surface area contributed by atoms with Crippen molar-refractivity contribution in [3.05, 3.63) is 49.6 Å². The standard InChI is InChI=1S/C10H11BN/c1-12-9-5-8-11(12)10-6-3-2-4-7-10/h2-9H,1H3. The highest BCUT2D eigenvalue weighted by Gasteiger charge is 2.27. The molecule has 2 rings (SSSR count). The van der Waals surface area contributed by atoms with E-state index in [1.165, 1.54) is 5.46 Å². The molecule has 12 heavy (non-hydrogen) atoms. The number of nitrogens with zero attached hydrogens (tertiary/aromatic N) is 1. The molecule has 3 radical (unpaired) electrons. The predicted octanol–water partition coefficient (Wildman–Crippen LogP) is 0.940. The lowest BCUT2D eigenvalue weighted by atomic mass is 9.54. The molecule has 1 nitrogen and oxygen atoms in total. The topological polar surface area (TPSA) is 3.24 Å². The molecule has 0 N–H and O–H groups in total. The van der Waals surface area contributed by atoms with Crippen molar-refractivity contribution in [1.29, 1.82) is 0 Å². The molecule has 0 spiro atoms. The Morgan fingerprint density at radius 2 is 1.92 bits per heavy atom. The summed E-state index contributed by atoms with van der Waals surface area (Å²) in [5.41, 5.74) is 1.35. The SMILES string of the molecule is CN1[CH][CH][CH]B1c1ccccc1. The summed E-state index contributed by atoms with van der Waals surface area (Å²) in [5.74, 6) is 0. The zero-order chi connectivity index (χ0) is 8.39. The van der Waals surface area contributed by atoms with Crippen molar-refractivity contribution in [1.82, 2.24) is 4.81 Å². The highest BCUT2D eigenvalue weighted by Crippen LogP contribution is 2.12. The summed E-state index contributed by atoms with van der Waals surface area (Å²) in [7, 11) is 2.09. The number of hydrogen-bond donors (Lipinski definition) is 0. The van der Waals surface area contributed by atoms with Crippen LogP contribution in [0.25, 0.3) is 0 Å². The summed E-state index contributed by atoms with van der Waals surface area (Å²) < 4.78 is 0. The van der Waals surface area contributed by atoms with E-state index in [1.54, 1.807) is 0 Å². The van der Waals surface area contributed by atoms with E-state index in [9.17, 15) is 0 Å². The van der Waals surface area contributed by atoms with Gasteiger partial charge < -0.3 is 4.81 Å². The van der Waals surface area contributed by atoms with Crippen LogP contribution in [0.3, 0.4) is 0 Å². The third-order valence-electron chi connectivity index (χ3n) is 2.19. The van der Waals surface area contributed by atoms with Crippen molar-refractivity contribution in [2.24, 2.45) is 0 Å². The Morgan fingerprint density at radius 3 is 2.50 bits per heavy atom. The average Bonchev–Trinajstić information content (AvgIpc) is 2.53. The van der Waals surface area contributed by atoms with Crippen LogP contribution in [0.2, 0.25) is 0 Å². The Bertz CT molecular complexity index is 247. The summed E-state index contributed by atoms with van der Waals surface area (Å²) >= 11 is 0. The minimum atomic E-state index is 0.436. The fourth-order valence-electron chi connectivity index (χ4n) is 1.52. The third-order valence-corrected chi connectivity index (χ3v) is 2.19. The van der Waals surface area contributed by atoms with Crippen LogP contribution in [0.15, 0.2) is 30.3 Å². The van der Waals surface area contributed by atoms with Gasteiger partial charge in [-0.2, -0.15) is 0 Å². The molecule has 0 amide bonds. The Balaban J connectivity index is 2.19. The molecule has 0 aliphatic carbocycles. The molecule has 0 bridgehead atoms. The van der Waals surface area contributed by atoms with Crippen LogP contribution in [-0.4, -0.2) is 18.7 Å². The molecule has 1 fully saturated rings. The van der Waals surface area contributed by atoms with Crippen LogP contribution in [0, 0.1) is 19.3 Å². The van der Waals surface area contributed by atoms with E-state index < -0.39 is 0 Å². The molecular weight excluding hydrogens is 145 g/mol. The second-order valence-corrected chi connectivity index (χ2v) is 3.05. The molecule has 1 saturated heterocycles. The highest BCUT2D eigenvalue weighted by atomic mass is 15.0. The molecule has 59 valence electrons. The van der Waals surface area contributed by atoms with Gasteiger partial charge in [0.15, 0.2) is 0 Å². The maximum Gasteiger partial charge on any atom is 0.260 e. The first-order valence-electron chi connectivity index (χ1n) is 4.16. The van der Waals surface area contributed by atoms with E-state index in [0.717, 1.165) is 0 Å². The Hall–Kier alpha value is -0.755. The van der Waals surface area contributed by atoms with Crippen molar-refractivity contribution in [2.75, 3.05) is 7.05 Å². The maximum absolute atomic E-state index is 2.20. The summed E-state index contributed by atoms with van der Waals surface area (Å²) in [6.07, 6.45) is 4.30. The fourth-order valence-corrected chi connectivity index (χ4v) is 1.52. The second kappa shape index (κ2) is 3.32. The summed E-state index contributed by atoms with van der Waals surface area (Å²) in [6.45, 7) is 2.53. The van der Waals surface area contributed by atoms with E-state index in [-0.39, 0.29) is 0 Å². The molecule has 2 heteroatoms. The van der Waals surface area contributed by atoms with Gasteiger partial charge in [0, 0.05) is 6.54 Å². The van der Waals surface area contributed by atoms with Crippen molar-refractivity contribution < 1.29 is 0 Å². The van der Waals surface area contributed by atoms with Gasteiger partial charge in [-0.15, -0.1) is 0 Å². The van der Waals surface area contributed by atoms with Crippen LogP contribution in [0.1, 0.15) is 0 Å². The van der Waals surface area contributed by atoms with Gasteiger partial charge in [-0.25, -0.2) is 0 Å². The molecule has 0 unspecified atom stereocenters. The summed E-state index contributed by atoms with van der Waals surface area (Å²) in [6, 6.07) is 10.5. The lowest BCUT2D eigenvalue weighted by Crippen LogP contribution is -2.40. The van der Waals surface area contributed by atoms with Gasteiger partial charge in [0.05, 0.1) is 0 Å². The number of rotatable bonds is 1. The zero-order valence-electron chi connectivity index (χ0n) is 7.14. The monoisotopic (exact) mass is 156 g/mol. The van der Waals surface area contributed by atoms with Crippen molar-refractivity contribution in [3.8, 4) is 0 Å². The minimum Gasteiger partial charge on any atom is -0.336 e. The molecule has 1 aromatic rings. The Labute approximate surface area is 74.5 Å². The van der Waals surface area contributed by atoms with Crippen LogP contribution in [-0.2, 0) is 0 Å². The maximum atomic E-state index is 2.20. The van der Waals surface area contributed by atoms with Crippen LogP contribution >= 0.6 is 0 Å². The number of hydrogen-bond acceptors (Lipinski definition) is 1. The van der Waals surface area contributed by atoms with Gasteiger partial charge in [-0.1, -0.05) is 35.8 Å². The minimum absolute atomic E-state index is 0.436. The molecule has 1 aliphatic heterocycles. The van der Waals surface area contributed by atoms with Gasteiger partial charge in [-0.3, -0.25) is 0 Å². The largest absolute Gasteiger partial charge is 0.336 e. The molecule has 1 aliphatic rings. The first-order chi connectivity index (χ1) is 5.88. The van der Waals surface area contributed by atoms with Crippen LogP contribution < -0.4 is 5.46 Å². The smallest absolute Gasteiger partial charge is 0.260 e. The van der Waals surface area contributed by atoms with Crippen molar-refractivity contribution in [2.45, 2.75) is 0 Å². The van der Waals surface area contributed by atoms with Gasteiger partial charge in [-0.05, 0) is 19.8 Å². The Kier molecular flexibility index (Phi) is 2.18. The Morgan fingerprint density at radius 1 is 1.17 bits per heavy atom. The molecule has 0 atom stereocenters. The molecule has 1 aromatic carbocycles. The first kappa shape index (κ1) is 7.87. The summed E-state index contributed by atoms with van der Waals surface area (Å²) in [5, 5.41) is 0. The van der Waals surface area contributed by atoms with Gasteiger partial charge in [0.25, 0.3) is 6.85 Å². The summed E-state index contributed by atoms with van der Waals surface area (Å²) in [4.78, 5) is 2.20. The van der Waals surface area contributed by atoms with Crippen LogP contribution in [0.4, 0.5) is 0 Å².